The summed E-state index contributed by atoms with van der Waals surface area (Å²) in [4.78, 5) is 22.6. The van der Waals surface area contributed by atoms with E-state index in [0.29, 0.717) is 29.8 Å². The van der Waals surface area contributed by atoms with Gasteiger partial charge in [0.05, 0.1) is 0 Å². The quantitative estimate of drug-likeness (QED) is 0.818. The van der Waals surface area contributed by atoms with Gasteiger partial charge in [0.1, 0.15) is 5.82 Å². The van der Waals surface area contributed by atoms with Crippen LogP contribution in [0, 0.1) is 18.8 Å². The van der Waals surface area contributed by atoms with Gasteiger partial charge in [-0.25, -0.2) is 4.98 Å². The number of anilines is 1. The smallest absolute Gasteiger partial charge is 0.223 e. The first-order valence-electron chi connectivity index (χ1n) is 10.7. The zero-order chi connectivity index (χ0) is 19.1. The van der Waals surface area contributed by atoms with Crippen LogP contribution >= 0.6 is 0 Å². The molecule has 28 heavy (non-hydrogen) atoms. The summed E-state index contributed by atoms with van der Waals surface area (Å²) in [6.07, 6.45) is 5.14. The average Bonchev–Trinajstić information content (AvgIpc) is 2.72. The number of carbonyl (C=O) groups is 1. The first-order chi connectivity index (χ1) is 13.7. The minimum absolute atomic E-state index is 0.309. The van der Waals surface area contributed by atoms with Crippen molar-refractivity contribution in [1.29, 1.82) is 0 Å². The van der Waals surface area contributed by atoms with Gasteiger partial charge in [-0.3, -0.25) is 4.79 Å². The molecule has 146 valence electrons. The van der Waals surface area contributed by atoms with Gasteiger partial charge in [0.25, 0.3) is 0 Å². The fourth-order valence-corrected chi connectivity index (χ4v) is 5.78. The Morgan fingerprint density at radius 2 is 1.86 bits per heavy atom. The first-order valence-corrected chi connectivity index (χ1v) is 10.7. The lowest BCUT2D eigenvalue weighted by Crippen LogP contribution is -2.65. The van der Waals surface area contributed by atoms with Crippen LogP contribution in [0.15, 0.2) is 48.5 Å². The second-order valence-corrected chi connectivity index (χ2v) is 8.82. The van der Waals surface area contributed by atoms with Crippen molar-refractivity contribution in [3.63, 3.8) is 0 Å². The summed E-state index contributed by atoms with van der Waals surface area (Å²) in [6.45, 7) is 4.09. The van der Waals surface area contributed by atoms with Crippen LogP contribution in [0.3, 0.4) is 0 Å². The summed E-state index contributed by atoms with van der Waals surface area (Å²) < 4.78 is 0. The van der Waals surface area contributed by atoms with Crippen LogP contribution in [0.25, 0.3) is 0 Å². The van der Waals surface area contributed by atoms with Gasteiger partial charge in [-0.2, -0.15) is 0 Å². The Balaban J connectivity index is 1.47. The normalized spacial score (nSPS) is 29.5. The fourth-order valence-electron chi connectivity index (χ4n) is 5.78. The highest BCUT2D eigenvalue weighted by atomic mass is 16.2. The number of fused-ring (bicyclic) bond motifs is 4. The Kier molecular flexibility index (Phi) is 4.58. The Morgan fingerprint density at radius 3 is 2.68 bits per heavy atom. The van der Waals surface area contributed by atoms with Crippen molar-refractivity contribution in [2.45, 2.75) is 51.1 Å². The van der Waals surface area contributed by atoms with E-state index in [0.717, 1.165) is 50.3 Å². The third kappa shape index (κ3) is 3.19. The van der Waals surface area contributed by atoms with Crippen LogP contribution in [0.5, 0.6) is 0 Å². The summed E-state index contributed by atoms with van der Waals surface area (Å²) in [6, 6.07) is 17.7. The van der Waals surface area contributed by atoms with Gasteiger partial charge in [0, 0.05) is 37.3 Å². The molecule has 0 radical (unpaired) electrons. The number of rotatable bonds is 3. The van der Waals surface area contributed by atoms with E-state index in [1.807, 2.05) is 0 Å². The van der Waals surface area contributed by atoms with E-state index in [1.165, 1.54) is 12.0 Å². The number of aromatic nitrogens is 1. The highest BCUT2D eigenvalue weighted by Crippen LogP contribution is 2.43. The molecule has 1 aromatic carbocycles. The van der Waals surface area contributed by atoms with E-state index in [-0.39, 0.29) is 0 Å². The summed E-state index contributed by atoms with van der Waals surface area (Å²) in [7, 11) is 0. The molecule has 0 aliphatic carbocycles. The lowest BCUT2D eigenvalue weighted by Gasteiger charge is -2.57. The van der Waals surface area contributed by atoms with Crippen molar-refractivity contribution in [3.05, 3.63) is 59.8 Å². The second-order valence-electron chi connectivity index (χ2n) is 8.82. The molecule has 3 saturated heterocycles. The van der Waals surface area contributed by atoms with E-state index in [9.17, 15) is 4.79 Å². The topological polar surface area (TPSA) is 36.4 Å². The van der Waals surface area contributed by atoms with Gasteiger partial charge >= 0.3 is 0 Å². The van der Waals surface area contributed by atoms with E-state index in [1.54, 1.807) is 0 Å². The molecular weight excluding hydrogens is 346 g/mol. The van der Waals surface area contributed by atoms with Gasteiger partial charge in [-0.1, -0.05) is 36.4 Å². The van der Waals surface area contributed by atoms with Gasteiger partial charge in [-0.05, 0) is 62.1 Å². The number of pyridine rings is 1. The van der Waals surface area contributed by atoms with Crippen molar-refractivity contribution >= 4 is 11.7 Å². The largest absolute Gasteiger partial charge is 0.356 e. The third-order valence-corrected chi connectivity index (χ3v) is 6.98. The van der Waals surface area contributed by atoms with Crippen molar-refractivity contribution in [2.24, 2.45) is 11.8 Å². The molecule has 0 N–H and O–H groups in total. The number of amides is 1. The molecule has 4 heteroatoms. The highest BCUT2D eigenvalue weighted by molar-refractivity contribution is 5.78. The van der Waals surface area contributed by atoms with Gasteiger partial charge < -0.3 is 9.80 Å². The standard InChI is InChI=1S/C24H29N3O/c1-17-7-5-11-23(25-17)26-15-19-14-20(16-26)22(13-18-8-3-2-4-9-18)27-21(19)10-6-12-24(27)28/h2-5,7-9,11,19-22H,6,10,12-16H2,1H3/t19-,20+,21+,22+/m1/s1. The van der Waals surface area contributed by atoms with E-state index >= 15 is 0 Å². The number of nitrogens with zero attached hydrogens (tertiary/aromatic N) is 3. The maximum atomic E-state index is 13.0. The molecule has 4 atom stereocenters. The molecule has 0 saturated carbocycles. The molecule has 2 aromatic rings. The van der Waals surface area contributed by atoms with Crippen LogP contribution in [0.2, 0.25) is 0 Å². The molecule has 2 bridgehead atoms. The number of piperidine rings is 3. The molecule has 0 unspecified atom stereocenters. The minimum atomic E-state index is 0.309. The number of hydrogen-bond donors (Lipinski definition) is 0. The van der Waals surface area contributed by atoms with Crippen molar-refractivity contribution in [3.8, 4) is 0 Å². The Morgan fingerprint density at radius 1 is 1.04 bits per heavy atom. The van der Waals surface area contributed by atoms with Crippen LogP contribution in [-0.2, 0) is 11.2 Å². The Labute approximate surface area is 167 Å². The van der Waals surface area contributed by atoms with Crippen molar-refractivity contribution in [1.82, 2.24) is 9.88 Å². The fraction of sp³-hybridized carbons (Fsp3) is 0.500. The van der Waals surface area contributed by atoms with E-state index in [4.69, 9.17) is 4.98 Å². The van der Waals surface area contributed by atoms with Crippen molar-refractivity contribution in [2.75, 3.05) is 18.0 Å². The maximum Gasteiger partial charge on any atom is 0.223 e. The number of aryl methyl sites for hydroxylation is 1. The number of hydrogen-bond acceptors (Lipinski definition) is 3. The first kappa shape index (κ1) is 17.7. The highest BCUT2D eigenvalue weighted by Gasteiger charge is 2.49. The predicted octanol–water partition coefficient (Wildman–Crippen LogP) is 3.84. The Bertz CT molecular complexity index is 852. The van der Waals surface area contributed by atoms with E-state index in [2.05, 4.69) is 65.3 Å². The summed E-state index contributed by atoms with van der Waals surface area (Å²) in [5.74, 6) is 2.56. The van der Waals surface area contributed by atoms with Crippen LogP contribution in [0.1, 0.15) is 36.9 Å². The maximum absolute atomic E-state index is 13.0. The predicted molar refractivity (Wildman–Crippen MR) is 111 cm³/mol. The van der Waals surface area contributed by atoms with Gasteiger partial charge in [-0.15, -0.1) is 0 Å². The number of benzene rings is 1. The zero-order valence-electron chi connectivity index (χ0n) is 16.6. The number of carbonyl (C=O) groups excluding carboxylic acids is 1. The molecule has 1 amide bonds. The average molecular weight is 376 g/mol. The van der Waals surface area contributed by atoms with Crippen molar-refractivity contribution < 1.29 is 4.79 Å². The molecule has 1 aromatic heterocycles. The second kappa shape index (κ2) is 7.23. The molecule has 4 nitrogen and oxygen atoms in total. The van der Waals surface area contributed by atoms with Gasteiger partial charge in [0.2, 0.25) is 5.91 Å². The van der Waals surface area contributed by atoms with Crippen LogP contribution < -0.4 is 4.90 Å². The molecule has 3 fully saturated rings. The zero-order valence-corrected chi connectivity index (χ0v) is 16.6. The summed E-state index contributed by atoms with van der Waals surface area (Å²) in [5.41, 5.74) is 2.41. The SMILES string of the molecule is Cc1cccc(N2C[C@H]3C[C@@H](C2)[C@H](Cc2ccccc2)N2C(=O)CCC[C@@H]32)n1. The molecule has 3 aliphatic rings. The lowest BCUT2D eigenvalue weighted by atomic mass is 9.71. The third-order valence-electron chi connectivity index (χ3n) is 6.98. The summed E-state index contributed by atoms with van der Waals surface area (Å²) >= 11 is 0. The molecule has 0 spiro atoms. The van der Waals surface area contributed by atoms with Crippen LogP contribution in [0.4, 0.5) is 5.82 Å². The van der Waals surface area contributed by atoms with Gasteiger partial charge in [0.15, 0.2) is 0 Å². The Hall–Kier alpha value is -2.36. The van der Waals surface area contributed by atoms with Crippen LogP contribution in [-0.4, -0.2) is 41.0 Å². The van der Waals surface area contributed by atoms with E-state index < -0.39 is 0 Å². The minimum Gasteiger partial charge on any atom is -0.356 e. The molecule has 4 heterocycles. The molecule has 3 aliphatic heterocycles. The lowest BCUT2D eigenvalue weighted by molar-refractivity contribution is -0.148. The molecular formula is C24H29N3O. The molecule has 5 rings (SSSR count). The summed E-state index contributed by atoms with van der Waals surface area (Å²) in [5, 5.41) is 0. The monoisotopic (exact) mass is 375 g/mol.